The monoisotopic (exact) mass is 290 g/mol. The average molecular weight is 290 g/mol. The topological polar surface area (TPSA) is 35.9 Å². The lowest BCUT2D eigenvalue weighted by molar-refractivity contribution is 0.0711. The van der Waals surface area contributed by atoms with Gasteiger partial charge in [-0.3, -0.25) is 4.90 Å². The fourth-order valence-corrected chi connectivity index (χ4v) is 3.64. The molecule has 3 rings (SSSR count). The minimum Gasteiger partial charge on any atom is -0.495 e. The number of rotatable bonds is 3. The van der Waals surface area contributed by atoms with Gasteiger partial charge < -0.3 is 14.7 Å². The fourth-order valence-electron chi connectivity index (χ4n) is 3.64. The molecule has 1 saturated carbocycles. The molecule has 4 heteroatoms. The van der Waals surface area contributed by atoms with E-state index in [-0.39, 0.29) is 6.10 Å². The minimum absolute atomic E-state index is 0.0591. The Hall–Kier alpha value is -1.26. The zero-order chi connectivity index (χ0) is 14.7. The Labute approximate surface area is 127 Å². The van der Waals surface area contributed by atoms with E-state index in [0.29, 0.717) is 6.04 Å². The number of piperazine rings is 1. The summed E-state index contributed by atoms with van der Waals surface area (Å²) in [6.45, 7) is 4.33. The maximum absolute atomic E-state index is 9.63. The first-order valence-corrected chi connectivity index (χ1v) is 8.08. The van der Waals surface area contributed by atoms with Gasteiger partial charge in [-0.05, 0) is 37.8 Å². The van der Waals surface area contributed by atoms with Crippen molar-refractivity contribution in [1.82, 2.24) is 4.90 Å². The molecule has 1 aliphatic heterocycles. The molecular formula is C17H26N2O2. The molecule has 116 valence electrons. The molecule has 1 aromatic rings. The quantitative estimate of drug-likeness (QED) is 0.925. The first-order chi connectivity index (χ1) is 10.3. The van der Waals surface area contributed by atoms with Gasteiger partial charge >= 0.3 is 0 Å². The van der Waals surface area contributed by atoms with Gasteiger partial charge in [0.05, 0.1) is 18.9 Å². The van der Waals surface area contributed by atoms with E-state index in [4.69, 9.17) is 4.74 Å². The normalized spacial score (nSPS) is 27.6. The van der Waals surface area contributed by atoms with E-state index in [1.165, 1.54) is 5.69 Å². The average Bonchev–Trinajstić information content (AvgIpc) is 2.56. The molecule has 4 nitrogen and oxygen atoms in total. The highest BCUT2D eigenvalue weighted by atomic mass is 16.5. The molecule has 0 spiro atoms. The molecule has 0 bridgehead atoms. The van der Waals surface area contributed by atoms with E-state index in [1.807, 2.05) is 12.1 Å². The molecule has 2 aliphatic rings. The first kappa shape index (κ1) is 14.7. The molecule has 1 aliphatic carbocycles. The molecular weight excluding hydrogens is 264 g/mol. The summed E-state index contributed by atoms with van der Waals surface area (Å²) >= 11 is 0. The Kier molecular flexibility index (Phi) is 4.66. The maximum Gasteiger partial charge on any atom is 0.142 e. The van der Waals surface area contributed by atoms with Crippen molar-refractivity contribution in [2.45, 2.75) is 37.8 Å². The first-order valence-electron chi connectivity index (χ1n) is 8.08. The Bertz CT molecular complexity index is 450. The van der Waals surface area contributed by atoms with Crippen LogP contribution in [0.5, 0.6) is 5.75 Å². The SMILES string of the molecule is COc1ccccc1N1CCN(C2CCC(O)CC2)CC1. The molecule has 0 atom stereocenters. The second-order valence-corrected chi connectivity index (χ2v) is 6.16. The Morgan fingerprint density at radius 2 is 1.67 bits per heavy atom. The van der Waals surface area contributed by atoms with Crippen LogP contribution >= 0.6 is 0 Å². The number of hydrogen-bond donors (Lipinski definition) is 1. The van der Waals surface area contributed by atoms with Crippen molar-refractivity contribution >= 4 is 5.69 Å². The third-order valence-corrected chi connectivity index (χ3v) is 4.92. The van der Waals surface area contributed by atoms with E-state index in [2.05, 4.69) is 21.9 Å². The zero-order valence-corrected chi connectivity index (χ0v) is 12.9. The van der Waals surface area contributed by atoms with Crippen molar-refractivity contribution in [3.63, 3.8) is 0 Å². The Morgan fingerprint density at radius 1 is 1.00 bits per heavy atom. The van der Waals surface area contributed by atoms with Crippen LogP contribution in [0.2, 0.25) is 0 Å². The summed E-state index contributed by atoms with van der Waals surface area (Å²) in [7, 11) is 1.74. The van der Waals surface area contributed by atoms with Crippen molar-refractivity contribution in [2.24, 2.45) is 0 Å². The van der Waals surface area contributed by atoms with Crippen LogP contribution in [-0.4, -0.2) is 55.4 Å². The molecule has 2 fully saturated rings. The summed E-state index contributed by atoms with van der Waals surface area (Å²) in [5, 5.41) is 9.63. The van der Waals surface area contributed by atoms with Crippen molar-refractivity contribution < 1.29 is 9.84 Å². The Balaban J connectivity index is 1.57. The predicted octanol–water partition coefficient (Wildman–Crippen LogP) is 2.12. The minimum atomic E-state index is -0.0591. The predicted molar refractivity (Wildman–Crippen MR) is 85.0 cm³/mol. The summed E-state index contributed by atoms with van der Waals surface area (Å²) in [5.74, 6) is 0.965. The van der Waals surface area contributed by atoms with Crippen LogP contribution in [0, 0.1) is 0 Å². The molecule has 1 heterocycles. The zero-order valence-electron chi connectivity index (χ0n) is 12.9. The molecule has 0 unspecified atom stereocenters. The third-order valence-electron chi connectivity index (χ3n) is 4.92. The summed E-state index contributed by atoms with van der Waals surface area (Å²) in [6.07, 6.45) is 4.18. The molecule has 21 heavy (non-hydrogen) atoms. The highest BCUT2D eigenvalue weighted by molar-refractivity contribution is 5.58. The van der Waals surface area contributed by atoms with Gasteiger partial charge in [0, 0.05) is 32.2 Å². The number of benzene rings is 1. The van der Waals surface area contributed by atoms with Gasteiger partial charge in [-0.1, -0.05) is 12.1 Å². The molecule has 0 aromatic heterocycles. The van der Waals surface area contributed by atoms with Gasteiger partial charge in [0.25, 0.3) is 0 Å². The number of anilines is 1. The van der Waals surface area contributed by atoms with Crippen molar-refractivity contribution in [3.8, 4) is 5.75 Å². The van der Waals surface area contributed by atoms with Crippen molar-refractivity contribution in [2.75, 3.05) is 38.2 Å². The number of aliphatic hydroxyl groups is 1. The number of para-hydroxylation sites is 2. The molecule has 0 amide bonds. The number of hydrogen-bond acceptors (Lipinski definition) is 4. The van der Waals surface area contributed by atoms with Crippen LogP contribution < -0.4 is 9.64 Å². The summed E-state index contributed by atoms with van der Waals surface area (Å²) in [5.41, 5.74) is 1.21. The van der Waals surface area contributed by atoms with Crippen LogP contribution in [0.1, 0.15) is 25.7 Å². The summed E-state index contributed by atoms with van der Waals surface area (Å²) < 4.78 is 5.47. The van der Waals surface area contributed by atoms with E-state index in [1.54, 1.807) is 7.11 Å². The third kappa shape index (κ3) is 3.33. The molecule has 1 N–H and O–H groups in total. The van der Waals surface area contributed by atoms with Gasteiger partial charge in [-0.25, -0.2) is 0 Å². The Morgan fingerprint density at radius 3 is 2.33 bits per heavy atom. The summed E-state index contributed by atoms with van der Waals surface area (Å²) in [4.78, 5) is 5.03. The van der Waals surface area contributed by atoms with Gasteiger partial charge in [-0.15, -0.1) is 0 Å². The fraction of sp³-hybridized carbons (Fsp3) is 0.647. The van der Waals surface area contributed by atoms with Gasteiger partial charge in [-0.2, -0.15) is 0 Å². The van der Waals surface area contributed by atoms with Crippen molar-refractivity contribution in [3.05, 3.63) is 24.3 Å². The van der Waals surface area contributed by atoms with Crippen LogP contribution in [0.3, 0.4) is 0 Å². The summed E-state index contributed by atoms with van der Waals surface area (Å²) in [6, 6.07) is 8.95. The lowest BCUT2D eigenvalue weighted by Gasteiger charge is -2.42. The molecule has 0 radical (unpaired) electrons. The van der Waals surface area contributed by atoms with Crippen LogP contribution in [-0.2, 0) is 0 Å². The maximum atomic E-state index is 9.63. The number of ether oxygens (including phenoxy) is 1. The number of nitrogens with zero attached hydrogens (tertiary/aromatic N) is 2. The second-order valence-electron chi connectivity index (χ2n) is 6.16. The van der Waals surface area contributed by atoms with Crippen LogP contribution in [0.4, 0.5) is 5.69 Å². The van der Waals surface area contributed by atoms with Gasteiger partial charge in [0.2, 0.25) is 0 Å². The van der Waals surface area contributed by atoms with Crippen LogP contribution in [0.15, 0.2) is 24.3 Å². The van der Waals surface area contributed by atoms with Gasteiger partial charge in [0.15, 0.2) is 0 Å². The van der Waals surface area contributed by atoms with E-state index in [9.17, 15) is 5.11 Å². The smallest absolute Gasteiger partial charge is 0.142 e. The largest absolute Gasteiger partial charge is 0.495 e. The van der Waals surface area contributed by atoms with Crippen molar-refractivity contribution in [1.29, 1.82) is 0 Å². The molecule has 1 saturated heterocycles. The standard InChI is InChI=1S/C17H26N2O2/c1-21-17-5-3-2-4-16(17)19-12-10-18(11-13-19)14-6-8-15(20)9-7-14/h2-5,14-15,20H,6-13H2,1H3. The van der Waals surface area contributed by atoms with E-state index in [0.717, 1.165) is 57.6 Å². The number of aliphatic hydroxyl groups excluding tert-OH is 1. The highest BCUT2D eigenvalue weighted by Gasteiger charge is 2.28. The molecule has 1 aromatic carbocycles. The number of methoxy groups -OCH3 is 1. The van der Waals surface area contributed by atoms with Crippen LogP contribution in [0.25, 0.3) is 0 Å². The lowest BCUT2D eigenvalue weighted by Crippen LogP contribution is -2.51. The van der Waals surface area contributed by atoms with Gasteiger partial charge in [0.1, 0.15) is 5.75 Å². The second kappa shape index (κ2) is 6.67. The lowest BCUT2D eigenvalue weighted by atomic mass is 9.91. The highest BCUT2D eigenvalue weighted by Crippen LogP contribution is 2.30. The van der Waals surface area contributed by atoms with E-state index >= 15 is 0 Å². The van der Waals surface area contributed by atoms with E-state index < -0.39 is 0 Å².